The summed E-state index contributed by atoms with van der Waals surface area (Å²) in [7, 11) is 0. The maximum absolute atomic E-state index is 5.30. The Morgan fingerprint density at radius 2 is 2.43 bits per heavy atom. The molecule has 0 N–H and O–H groups in total. The molecule has 0 spiro atoms. The zero-order valence-corrected chi connectivity index (χ0v) is 7.55. The zero-order valence-electron chi connectivity index (χ0n) is 4.98. The van der Waals surface area contributed by atoms with Crippen LogP contribution in [0, 0.1) is 0 Å². The van der Waals surface area contributed by atoms with Crippen LogP contribution in [0.1, 0.15) is 6.92 Å². The molecule has 0 saturated carbocycles. The molecular weight excluding hydrogens is 118 g/mol. The van der Waals surface area contributed by atoms with E-state index in [-0.39, 0.29) is 15.6 Å². The van der Waals surface area contributed by atoms with E-state index in [1.165, 1.54) is 0 Å². The number of hydrogen-bond donors (Lipinski definition) is 0. The second-order valence-corrected chi connectivity index (χ2v) is 3.72. The summed E-state index contributed by atoms with van der Waals surface area (Å²) in [5.41, 5.74) is 0. The van der Waals surface area contributed by atoms with Gasteiger partial charge in [-0.2, -0.15) is 0 Å². The fourth-order valence-electron chi connectivity index (χ4n) is 0.331. The van der Waals surface area contributed by atoms with Crippen molar-refractivity contribution < 1.29 is 3.79 Å². The predicted molar refractivity (Wildman–Crippen MR) is 36.4 cm³/mol. The van der Waals surface area contributed by atoms with Gasteiger partial charge in [-0.05, 0) is 0 Å². The average molecular weight is 128 g/mol. The molecule has 1 atom stereocenters. The van der Waals surface area contributed by atoms with Crippen LogP contribution in [0.15, 0.2) is 0 Å². The van der Waals surface area contributed by atoms with Gasteiger partial charge in [0.15, 0.2) is 0 Å². The molecule has 0 aliphatic heterocycles. The Balaban J connectivity index is 2.98. The van der Waals surface area contributed by atoms with E-state index in [9.17, 15) is 0 Å². The molecule has 0 heterocycles. The molecule has 0 amide bonds. The summed E-state index contributed by atoms with van der Waals surface area (Å²) in [5, 5.41) is 3.78. The summed E-state index contributed by atoms with van der Waals surface area (Å²) in [5.74, 6) is 2.14. The van der Waals surface area contributed by atoms with Crippen LogP contribution >= 0.6 is 0 Å². The Hall–Kier alpha value is 0.895. The standard InChI is InChI=1S/C2H4O.CH3.CH2.2Al.H/c1-2-3;;;;;/h2H,1H3;1H3;1H2;;;/q-1;;;;+1;. The monoisotopic (exact) mass is 128 g/mol. The number of hydrogen-bond acceptors (Lipinski definition) is 1. The first kappa shape index (κ1) is 7.89. The summed E-state index contributed by atoms with van der Waals surface area (Å²) in [6.45, 7) is 2.10. The third-order valence-corrected chi connectivity index (χ3v) is 2.86. The Labute approximate surface area is 57.4 Å². The van der Waals surface area contributed by atoms with Crippen LogP contribution in [0.4, 0.5) is 0 Å². The molecular formula is C4H10Al2O. The Kier molecular flexibility index (Phi) is 5.68. The van der Waals surface area contributed by atoms with Crippen LogP contribution < -0.4 is 0 Å². The second-order valence-electron chi connectivity index (χ2n) is 1.40. The van der Waals surface area contributed by atoms with Crippen molar-refractivity contribution in [3.05, 3.63) is 0 Å². The molecule has 0 aromatic rings. The second kappa shape index (κ2) is 5.04. The van der Waals surface area contributed by atoms with Crippen molar-refractivity contribution in [2.24, 2.45) is 0 Å². The van der Waals surface area contributed by atoms with Crippen LogP contribution in [0.5, 0.6) is 0 Å². The Morgan fingerprint density at radius 3 is 2.57 bits per heavy atom. The van der Waals surface area contributed by atoms with Gasteiger partial charge in [-0.3, -0.25) is 0 Å². The van der Waals surface area contributed by atoms with E-state index in [0.717, 1.165) is 0 Å². The molecule has 0 aromatic carbocycles. The SMILES string of the molecule is [CH2]=[Al][CH](C)[O][AlH][CH3]. The van der Waals surface area contributed by atoms with Crippen molar-refractivity contribution in [2.45, 2.75) is 17.7 Å². The van der Waals surface area contributed by atoms with Crippen molar-refractivity contribution in [1.82, 2.24) is 0 Å². The Morgan fingerprint density at radius 1 is 1.86 bits per heavy atom. The van der Waals surface area contributed by atoms with E-state index in [0.29, 0.717) is 19.7 Å². The van der Waals surface area contributed by atoms with Crippen LogP contribution in [-0.2, 0) is 3.79 Å². The first-order valence-corrected chi connectivity index (χ1v) is 6.03. The number of rotatable bonds is 3. The molecule has 3 heteroatoms. The first-order valence-electron chi connectivity index (χ1n) is 2.55. The van der Waals surface area contributed by atoms with Gasteiger partial charge in [0.25, 0.3) is 0 Å². The van der Waals surface area contributed by atoms with Gasteiger partial charge in [0.1, 0.15) is 0 Å². The van der Waals surface area contributed by atoms with Crippen LogP contribution in [0.3, 0.4) is 0 Å². The third-order valence-electron chi connectivity index (χ3n) is 0.761. The molecule has 0 rings (SSSR count). The summed E-state index contributed by atoms with van der Waals surface area (Å²) >= 11 is 0.132. The van der Waals surface area contributed by atoms with Gasteiger partial charge in [-0.15, -0.1) is 0 Å². The van der Waals surface area contributed by atoms with E-state index in [1.54, 1.807) is 0 Å². The molecule has 1 unspecified atom stereocenters. The summed E-state index contributed by atoms with van der Waals surface area (Å²) < 4.78 is 5.30. The molecule has 0 radical (unpaired) electrons. The molecule has 0 fully saturated rings. The third kappa shape index (κ3) is 4.75. The van der Waals surface area contributed by atoms with Gasteiger partial charge < -0.3 is 0 Å². The molecule has 0 aliphatic carbocycles. The van der Waals surface area contributed by atoms with Gasteiger partial charge in [-0.1, -0.05) is 0 Å². The quantitative estimate of drug-likeness (QED) is 0.482. The zero-order chi connectivity index (χ0) is 5.70. The van der Waals surface area contributed by atoms with Gasteiger partial charge >= 0.3 is 57.2 Å². The fourth-order valence-corrected chi connectivity index (χ4v) is 1.98. The van der Waals surface area contributed by atoms with Gasteiger partial charge in [0.05, 0.1) is 0 Å². The van der Waals surface area contributed by atoms with E-state index < -0.39 is 0 Å². The summed E-state index contributed by atoms with van der Waals surface area (Å²) in [4.78, 5) is 0.483. The van der Waals surface area contributed by atoms with Crippen molar-refractivity contribution in [1.29, 1.82) is 0 Å². The summed E-state index contributed by atoms with van der Waals surface area (Å²) in [6.07, 6.45) is 0. The molecule has 1 nitrogen and oxygen atoms in total. The van der Waals surface area contributed by atoms with Crippen molar-refractivity contribution in [2.75, 3.05) is 0 Å². The Bertz CT molecular complexity index is 55.7. The minimum atomic E-state index is -0.164. The molecule has 38 valence electrons. The molecule has 7 heavy (non-hydrogen) atoms. The predicted octanol–water partition coefficient (Wildman–Crippen LogP) is -0.115. The molecule has 0 bridgehead atoms. The normalized spacial score (nSPS) is 12.3. The van der Waals surface area contributed by atoms with Crippen LogP contribution in [-0.4, -0.2) is 40.7 Å². The van der Waals surface area contributed by atoms with Gasteiger partial charge in [-0.25, -0.2) is 0 Å². The van der Waals surface area contributed by atoms with Crippen molar-refractivity contribution in [3.8, 4) is 0 Å². The van der Waals surface area contributed by atoms with E-state index in [4.69, 9.17) is 3.79 Å². The molecule has 0 saturated heterocycles. The van der Waals surface area contributed by atoms with E-state index in [1.807, 2.05) is 0 Å². The average Bonchev–Trinajstić information content (AvgIpc) is 1.68. The van der Waals surface area contributed by atoms with Crippen LogP contribution in [0.2, 0.25) is 5.79 Å². The topological polar surface area (TPSA) is 9.23 Å². The maximum atomic E-state index is 5.30. The molecule has 0 aliphatic rings. The fraction of sp³-hybridized carbons (Fsp3) is 0.750. The minimum absolute atomic E-state index is 0.164. The van der Waals surface area contributed by atoms with E-state index in [2.05, 4.69) is 18.1 Å². The molecule has 0 aromatic heterocycles. The van der Waals surface area contributed by atoms with E-state index >= 15 is 0 Å². The summed E-state index contributed by atoms with van der Waals surface area (Å²) in [6, 6.07) is 0. The van der Waals surface area contributed by atoms with Crippen molar-refractivity contribution >= 4 is 35.7 Å². The van der Waals surface area contributed by atoms with Crippen molar-refractivity contribution in [3.63, 3.8) is 0 Å². The van der Waals surface area contributed by atoms with Crippen LogP contribution in [0.25, 0.3) is 0 Å². The first-order chi connectivity index (χ1) is 3.31. The van der Waals surface area contributed by atoms with Gasteiger partial charge in [0, 0.05) is 0 Å². The van der Waals surface area contributed by atoms with Gasteiger partial charge in [0.2, 0.25) is 0 Å².